The number of aryl methyl sites for hydroxylation is 1. The molecule has 5 nitrogen and oxygen atoms in total. The molecule has 6 heteroatoms. The van der Waals surface area contributed by atoms with Gasteiger partial charge in [0.1, 0.15) is 0 Å². The van der Waals surface area contributed by atoms with Crippen molar-refractivity contribution in [1.29, 1.82) is 0 Å². The summed E-state index contributed by atoms with van der Waals surface area (Å²) >= 11 is 3.35. The Hall–Kier alpha value is -1.04. The minimum absolute atomic E-state index is 0.0839. The largest absolute Gasteiger partial charge is 0.336 e. The van der Waals surface area contributed by atoms with Crippen LogP contribution < -0.4 is 10.2 Å². The Bertz CT molecular complexity index is 348. The van der Waals surface area contributed by atoms with Crippen molar-refractivity contribution in [3.63, 3.8) is 0 Å². The first kappa shape index (κ1) is 8.55. The lowest BCUT2D eigenvalue weighted by Crippen LogP contribution is -2.28. The number of nitrogens with zero attached hydrogens (tertiary/aromatic N) is 3. The predicted octanol–water partition coefficient (Wildman–Crippen LogP) is 0.712. The number of nitrogens with one attached hydrogen (secondary N) is 1. The van der Waals surface area contributed by atoms with E-state index in [1.807, 2.05) is 13.2 Å². The molecule has 1 aliphatic heterocycles. The molecule has 0 spiro atoms. The van der Waals surface area contributed by atoms with Gasteiger partial charge in [-0.1, -0.05) is 0 Å². The van der Waals surface area contributed by atoms with Crippen LogP contribution in [0.25, 0.3) is 0 Å². The number of halogens is 1. The number of aromatic nitrogens is 2. The first-order chi connectivity index (χ1) is 6.18. The minimum Gasteiger partial charge on any atom is -0.336 e. The molecule has 1 saturated heterocycles. The fourth-order valence-corrected chi connectivity index (χ4v) is 1.89. The number of hydrogen-bond donors (Lipinski definition) is 1. The van der Waals surface area contributed by atoms with Crippen LogP contribution in [0.1, 0.15) is 0 Å². The number of rotatable bonds is 1. The molecular formula is C7H9BrN4O. The lowest BCUT2D eigenvalue weighted by molar-refractivity contribution is 0.252. The molecule has 2 rings (SSSR count). The molecule has 0 aliphatic carbocycles. The molecule has 1 aromatic rings. The molecule has 1 aliphatic rings. The molecule has 0 bridgehead atoms. The molecule has 0 saturated carbocycles. The van der Waals surface area contributed by atoms with Gasteiger partial charge in [0.15, 0.2) is 5.82 Å². The number of hydrogen-bond acceptors (Lipinski definition) is 2. The normalized spacial score (nSPS) is 16.5. The summed E-state index contributed by atoms with van der Waals surface area (Å²) in [5.41, 5.74) is 0. The van der Waals surface area contributed by atoms with Crippen LogP contribution in [0, 0.1) is 0 Å². The standard InChI is InChI=1S/C7H9BrN4O/c1-11-4-5(8)6(10-11)12-3-2-9-7(12)13/h4H,2-3H2,1H3,(H,9,13). The van der Waals surface area contributed by atoms with Crippen LogP contribution in [0.2, 0.25) is 0 Å². The Kier molecular flexibility index (Phi) is 1.99. The number of amides is 2. The molecule has 1 N–H and O–H groups in total. The molecule has 0 unspecified atom stereocenters. The van der Waals surface area contributed by atoms with Crippen LogP contribution in [0.5, 0.6) is 0 Å². The van der Waals surface area contributed by atoms with E-state index in [4.69, 9.17) is 0 Å². The molecule has 2 heterocycles. The fourth-order valence-electron chi connectivity index (χ4n) is 1.30. The Labute approximate surface area is 83.8 Å². The second-order valence-electron chi connectivity index (χ2n) is 2.86. The molecule has 1 fully saturated rings. The van der Waals surface area contributed by atoms with Gasteiger partial charge in [-0.25, -0.2) is 4.79 Å². The van der Waals surface area contributed by atoms with E-state index in [1.54, 1.807) is 9.58 Å². The van der Waals surface area contributed by atoms with Gasteiger partial charge in [0.05, 0.1) is 4.47 Å². The predicted molar refractivity (Wildman–Crippen MR) is 51.7 cm³/mol. The van der Waals surface area contributed by atoms with Gasteiger partial charge in [0.2, 0.25) is 0 Å². The number of anilines is 1. The molecule has 0 aromatic carbocycles. The van der Waals surface area contributed by atoms with E-state index in [0.29, 0.717) is 18.9 Å². The lowest BCUT2D eigenvalue weighted by atomic mass is 10.5. The maximum atomic E-state index is 11.3. The highest BCUT2D eigenvalue weighted by molar-refractivity contribution is 9.10. The smallest absolute Gasteiger partial charge is 0.323 e. The summed E-state index contributed by atoms with van der Waals surface area (Å²) in [4.78, 5) is 12.9. The summed E-state index contributed by atoms with van der Waals surface area (Å²) in [5.74, 6) is 0.678. The molecule has 1 aromatic heterocycles. The summed E-state index contributed by atoms with van der Waals surface area (Å²) in [5, 5.41) is 6.90. The van der Waals surface area contributed by atoms with Crippen LogP contribution in [0.4, 0.5) is 10.6 Å². The van der Waals surface area contributed by atoms with Crippen LogP contribution in [0.3, 0.4) is 0 Å². The summed E-state index contributed by atoms with van der Waals surface area (Å²) in [7, 11) is 1.82. The van der Waals surface area contributed by atoms with Gasteiger partial charge in [-0.05, 0) is 15.9 Å². The highest BCUT2D eigenvalue weighted by Crippen LogP contribution is 2.24. The average molecular weight is 245 g/mol. The van der Waals surface area contributed by atoms with Gasteiger partial charge in [0.25, 0.3) is 0 Å². The van der Waals surface area contributed by atoms with Gasteiger partial charge in [-0.2, -0.15) is 5.10 Å². The highest BCUT2D eigenvalue weighted by atomic mass is 79.9. The Morgan fingerprint density at radius 2 is 2.46 bits per heavy atom. The van der Waals surface area contributed by atoms with Gasteiger partial charge >= 0.3 is 6.03 Å². The van der Waals surface area contributed by atoms with Crippen LogP contribution >= 0.6 is 15.9 Å². The summed E-state index contributed by atoms with van der Waals surface area (Å²) in [6, 6.07) is -0.0839. The van der Waals surface area contributed by atoms with E-state index < -0.39 is 0 Å². The van der Waals surface area contributed by atoms with E-state index in [2.05, 4.69) is 26.3 Å². The Balaban J connectivity index is 2.34. The molecule has 13 heavy (non-hydrogen) atoms. The van der Waals surface area contributed by atoms with E-state index >= 15 is 0 Å². The zero-order chi connectivity index (χ0) is 9.42. The lowest BCUT2D eigenvalue weighted by Gasteiger charge is -2.10. The van der Waals surface area contributed by atoms with Gasteiger partial charge < -0.3 is 5.32 Å². The summed E-state index contributed by atoms with van der Waals surface area (Å²) in [6.07, 6.45) is 1.82. The first-order valence-corrected chi connectivity index (χ1v) is 4.72. The van der Waals surface area contributed by atoms with E-state index in [0.717, 1.165) is 4.47 Å². The topological polar surface area (TPSA) is 50.2 Å². The number of carbonyl (C=O) groups excluding carboxylic acids is 1. The first-order valence-electron chi connectivity index (χ1n) is 3.93. The fraction of sp³-hybridized carbons (Fsp3) is 0.429. The van der Waals surface area contributed by atoms with Gasteiger partial charge in [-0.15, -0.1) is 0 Å². The number of urea groups is 1. The number of carbonyl (C=O) groups is 1. The maximum Gasteiger partial charge on any atom is 0.323 e. The summed E-state index contributed by atoms with van der Waals surface area (Å²) in [6.45, 7) is 1.36. The maximum absolute atomic E-state index is 11.3. The van der Waals surface area contributed by atoms with Crippen LogP contribution in [0.15, 0.2) is 10.7 Å². The zero-order valence-electron chi connectivity index (χ0n) is 7.12. The Morgan fingerprint density at radius 3 is 2.92 bits per heavy atom. The summed E-state index contributed by atoms with van der Waals surface area (Å²) < 4.78 is 2.51. The SMILES string of the molecule is Cn1cc(Br)c(N2CCNC2=O)n1. The third-order valence-corrected chi connectivity index (χ3v) is 2.44. The van der Waals surface area contributed by atoms with Gasteiger partial charge in [0, 0.05) is 26.3 Å². The van der Waals surface area contributed by atoms with Crippen molar-refractivity contribution < 1.29 is 4.79 Å². The highest BCUT2D eigenvalue weighted by Gasteiger charge is 2.25. The second-order valence-corrected chi connectivity index (χ2v) is 3.71. The van der Waals surface area contributed by atoms with E-state index in [-0.39, 0.29) is 6.03 Å². The van der Waals surface area contributed by atoms with Crippen molar-refractivity contribution in [2.45, 2.75) is 0 Å². The molecule has 0 radical (unpaired) electrons. The van der Waals surface area contributed by atoms with Crippen molar-refractivity contribution in [2.24, 2.45) is 7.05 Å². The van der Waals surface area contributed by atoms with E-state index in [1.165, 1.54) is 0 Å². The second kappa shape index (κ2) is 3.02. The van der Waals surface area contributed by atoms with Crippen LogP contribution in [-0.4, -0.2) is 28.9 Å². The molecule has 0 atom stereocenters. The third-order valence-electron chi connectivity index (χ3n) is 1.88. The quantitative estimate of drug-likeness (QED) is 0.792. The molecule has 2 amide bonds. The van der Waals surface area contributed by atoms with E-state index in [9.17, 15) is 4.79 Å². The minimum atomic E-state index is -0.0839. The zero-order valence-corrected chi connectivity index (χ0v) is 8.71. The van der Waals surface area contributed by atoms with Crippen molar-refractivity contribution in [3.05, 3.63) is 10.7 Å². The average Bonchev–Trinajstić information content (AvgIpc) is 2.58. The van der Waals surface area contributed by atoms with Crippen LogP contribution in [-0.2, 0) is 7.05 Å². The Morgan fingerprint density at radius 1 is 1.69 bits per heavy atom. The molecular weight excluding hydrogens is 236 g/mol. The van der Waals surface area contributed by atoms with Gasteiger partial charge in [-0.3, -0.25) is 9.58 Å². The van der Waals surface area contributed by atoms with Crippen molar-refractivity contribution in [3.8, 4) is 0 Å². The van der Waals surface area contributed by atoms with Crippen molar-refractivity contribution in [1.82, 2.24) is 15.1 Å². The monoisotopic (exact) mass is 244 g/mol. The third kappa shape index (κ3) is 1.41. The van der Waals surface area contributed by atoms with Crippen molar-refractivity contribution >= 4 is 27.8 Å². The molecule has 70 valence electrons. The van der Waals surface area contributed by atoms with Crippen molar-refractivity contribution in [2.75, 3.05) is 18.0 Å².